The molecule has 0 unspecified atom stereocenters. The molecule has 0 bridgehead atoms. The van der Waals surface area contributed by atoms with Crippen molar-refractivity contribution in [1.29, 1.82) is 0 Å². The fourth-order valence-corrected chi connectivity index (χ4v) is 1.66. The van der Waals surface area contributed by atoms with Gasteiger partial charge in [0.25, 0.3) is 0 Å². The van der Waals surface area contributed by atoms with Gasteiger partial charge in [-0.3, -0.25) is 0 Å². The summed E-state index contributed by atoms with van der Waals surface area (Å²) in [6.07, 6.45) is 2.59. The van der Waals surface area contributed by atoms with E-state index in [0.717, 1.165) is 0 Å². The SMILES string of the molecule is CCC(CC)(Nc1ccnc(N(C)C)n1)C(=O)O. The van der Waals surface area contributed by atoms with Gasteiger partial charge in [-0.25, -0.2) is 9.78 Å². The number of aliphatic carboxylic acids is 1. The summed E-state index contributed by atoms with van der Waals surface area (Å²) in [5, 5.41) is 12.4. The summed E-state index contributed by atoms with van der Waals surface area (Å²) in [5.74, 6) is 0.212. The first-order valence-electron chi connectivity index (χ1n) is 5.97. The third kappa shape index (κ3) is 2.88. The molecule has 0 aliphatic heterocycles. The van der Waals surface area contributed by atoms with E-state index in [9.17, 15) is 9.90 Å². The van der Waals surface area contributed by atoms with E-state index in [1.165, 1.54) is 0 Å². The standard InChI is InChI=1S/C12H20N4O2/c1-5-12(6-2,10(17)18)15-9-7-8-13-11(14-9)16(3)4/h7-8H,5-6H2,1-4H3,(H,17,18)(H,13,14,15). The van der Waals surface area contributed by atoms with Crippen LogP contribution in [0.1, 0.15) is 26.7 Å². The average molecular weight is 252 g/mol. The van der Waals surface area contributed by atoms with Crippen molar-refractivity contribution in [2.75, 3.05) is 24.3 Å². The second kappa shape index (κ2) is 5.66. The molecule has 0 saturated heterocycles. The molecule has 1 aromatic heterocycles. The van der Waals surface area contributed by atoms with Gasteiger partial charge in [-0.1, -0.05) is 13.8 Å². The van der Waals surface area contributed by atoms with Crippen LogP contribution in [0.25, 0.3) is 0 Å². The van der Waals surface area contributed by atoms with Crippen molar-refractivity contribution in [3.8, 4) is 0 Å². The van der Waals surface area contributed by atoms with E-state index < -0.39 is 11.5 Å². The summed E-state index contributed by atoms with van der Waals surface area (Å²) in [4.78, 5) is 21.5. The lowest BCUT2D eigenvalue weighted by Gasteiger charge is -2.28. The van der Waals surface area contributed by atoms with Crippen LogP contribution in [0.15, 0.2) is 12.3 Å². The van der Waals surface area contributed by atoms with Crippen molar-refractivity contribution in [2.45, 2.75) is 32.2 Å². The van der Waals surface area contributed by atoms with Crippen molar-refractivity contribution in [3.05, 3.63) is 12.3 Å². The van der Waals surface area contributed by atoms with Crippen molar-refractivity contribution >= 4 is 17.7 Å². The minimum atomic E-state index is -0.974. The Hall–Kier alpha value is -1.85. The van der Waals surface area contributed by atoms with E-state index in [1.807, 2.05) is 27.9 Å². The van der Waals surface area contributed by atoms with E-state index in [2.05, 4.69) is 15.3 Å². The lowest BCUT2D eigenvalue weighted by molar-refractivity contribution is -0.142. The van der Waals surface area contributed by atoms with Gasteiger partial charge in [-0.2, -0.15) is 4.98 Å². The topological polar surface area (TPSA) is 78.4 Å². The van der Waals surface area contributed by atoms with E-state index in [1.54, 1.807) is 17.2 Å². The molecular weight excluding hydrogens is 232 g/mol. The summed E-state index contributed by atoms with van der Waals surface area (Å²) >= 11 is 0. The molecule has 100 valence electrons. The highest BCUT2D eigenvalue weighted by Crippen LogP contribution is 2.22. The number of hydrogen-bond donors (Lipinski definition) is 2. The number of carboxylic acid groups (broad SMARTS) is 1. The molecule has 1 heterocycles. The molecule has 18 heavy (non-hydrogen) atoms. The Morgan fingerprint density at radius 3 is 2.50 bits per heavy atom. The van der Waals surface area contributed by atoms with E-state index in [4.69, 9.17) is 0 Å². The Morgan fingerprint density at radius 1 is 1.44 bits per heavy atom. The lowest BCUT2D eigenvalue weighted by Crippen LogP contribution is -2.45. The quantitative estimate of drug-likeness (QED) is 0.800. The van der Waals surface area contributed by atoms with Gasteiger partial charge in [0.2, 0.25) is 5.95 Å². The molecule has 0 amide bonds. The highest BCUT2D eigenvalue weighted by molar-refractivity contribution is 5.82. The second-order valence-corrected chi connectivity index (χ2v) is 4.36. The fourth-order valence-electron chi connectivity index (χ4n) is 1.66. The zero-order valence-electron chi connectivity index (χ0n) is 11.3. The maximum absolute atomic E-state index is 11.4. The maximum atomic E-state index is 11.4. The Morgan fingerprint density at radius 2 is 2.06 bits per heavy atom. The third-order valence-corrected chi connectivity index (χ3v) is 3.03. The van der Waals surface area contributed by atoms with E-state index in [-0.39, 0.29) is 0 Å². The molecule has 0 aliphatic rings. The van der Waals surface area contributed by atoms with Gasteiger partial charge in [0.1, 0.15) is 11.4 Å². The summed E-state index contributed by atoms with van der Waals surface area (Å²) in [6, 6.07) is 1.68. The monoisotopic (exact) mass is 252 g/mol. The van der Waals surface area contributed by atoms with Crippen LogP contribution in [-0.4, -0.2) is 40.7 Å². The highest BCUT2D eigenvalue weighted by Gasteiger charge is 2.35. The smallest absolute Gasteiger partial charge is 0.329 e. The Bertz CT molecular complexity index is 416. The van der Waals surface area contributed by atoms with Gasteiger partial charge in [-0.15, -0.1) is 0 Å². The number of nitrogens with zero attached hydrogens (tertiary/aromatic N) is 3. The number of nitrogens with one attached hydrogen (secondary N) is 1. The minimum absolute atomic E-state index is 0.486. The first-order valence-corrected chi connectivity index (χ1v) is 5.97. The molecule has 0 spiro atoms. The van der Waals surface area contributed by atoms with Gasteiger partial charge in [0, 0.05) is 20.3 Å². The van der Waals surface area contributed by atoms with Gasteiger partial charge in [-0.05, 0) is 18.9 Å². The number of rotatable bonds is 6. The van der Waals surface area contributed by atoms with Crippen LogP contribution in [0.4, 0.5) is 11.8 Å². The van der Waals surface area contributed by atoms with Crippen LogP contribution < -0.4 is 10.2 Å². The molecule has 0 radical (unpaired) electrons. The molecular formula is C12H20N4O2. The van der Waals surface area contributed by atoms with Crippen LogP contribution in [0.3, 0.4) is 0 Å². The molecule has 0 saturated carbocycles. The largest absolute Gasteiger partial charge is 0.480 e. The summed E-state index contributed by atoms with van der Waals surface area (Å²) in [6.45, 7) is 3.69. The number of carboxylic acids is 1. The van der Waals surface area contributed by atoms with Gasteiger partial charge in [0.15, 0.2) is 0 Å². The van der Waals surface area contributed by atoms with E-state index in [0.29, 0.717) is 24.6 Å². The maximum Gasteiger partial charge on any atom is 0.329 e. The van der Waals surface area contributed by atoms with Gasteiger partial charge >= 0.3 is 5.97 Å². The molecule has 1 rings (SSSR count). The predicted octanol–water partition coefficient (Wildman–Crippen LogP) is 1.60. The first kappa shape index (κ1) is 14.2. The zero-order valence-corrected chi connectivity index (χ0v) is 11.3. The Kier molecular flexibility index (Phi) is 4.47. The van der Waals surface area contributed by atoms with Gasteiger partial charge < -0.3 is 15.3 Å². The van der Waals surface area contributed by atoms with Crippen LogP contribution in [0.2, 0.25) is 0 Å². The lowest BCUT2D eigenvalue weighted by atomic mass is 9.93. The molecule has 0 aromatic carbocycles. The van der Waals surface area contributed by atoms with Crippen LogP contribution in [-0.2, 0) is 4.79 Å². The molecule has 2 N–H and O–H groups in total. The van der Waals surface area contributed by atoms with Crippen molar-refractivity contribution in [1.82, 2.24) is 9.97 Å². The second-order valence-electron chi connectivity index (χ2n) is 4.36. The van der Waals surface area contributed by atoms with Crippen molar-refractivity contribution in [3.63, 3.8) is 0 Å². The molecule has 6 nitrogen and oxygen atoms in total. The summed E-state index contributed by atoms with van der Waals surface area (Å²) in [7, 11) is 3.67. The molecule has 0 atom stereocenters. The zero-order chi connectivity index (χ0) is 13.8. The number of aromatic nitrogens is 2. The Labute approximate surface area is 107 Å². The van der Waals surface area contributed by atoms with E-state index >= 15 is 0 Å². The van der Waals surface area contributed by atoms with Crippen molar-refractivity contribution < 1.29 is 9.90 Å². The summed E-state index contributed by atoms with van der Waals surface area (Å²) in [5.41, 5.74) is -0.974. The molecule has 0 fully saturated rings. The minimum Gasteiger partial charge on any atom is -0.480 e. The number of anilines is 2. The molecule has 6 heteroatoms. The fraction of sp³-hybridized carbons (Fsp3) is 0.583. The number of hydrogen-bond acceptors (Lipinski definition) is 5. The Balaban J connectivity index is 3.01. The number of carbonyl (C=O) groups is 1. The highest BCUT2D eigenvalue weighted by atomic mass is 16.4. The predicted molar refractivity (Wildman–Crippen MR) is 70.9 cm³/mol. The first-order chi connectivity index (χ1) is 8.45. The average Bonchev–Trinajstić information content (AvgIpc) is 2.36. The molecule has 0 aliphatic carbocycles. The third-order valence-electron chi connectivity index (χ3n) is 3.03. The normalized spacial score (nSPS) is 11.1. The molecule has 1 aromatic rings. The summed E-state index contributed by atoms with van der Waals surface area (Å²) < 4.78 is 0. The van der Waals surface area contributed by atoms with Gasteiger partial charge in [0.05, 0.1) is 0 Å². The van der Waals surface area contributed by atoms with Crippen LogP contribution >= 0.6 is 0 Å². The van der Waals surface area contributed by atoms with Crippen molar-refractivity contribution in [2.24, 2.45) is 0 Å². The van der Waals surface area contributed by atoms with Crippen LogP contribution in [0, 0.1) is 0 Å². The van der Waals surface area contributed by atoms with Crippen LogP contribution in [0.5, 0.6) is 0 Å².